The summed E-state index contributed by atoms with van der Waals surface area (Å²) < 4.78 is 0. The van der Waals surface area contributed by atoms with Gasteiger partial charge in [-0.15, -0.1) is 0 Å². The van der Waals surface area contributed by atoms with Crippen LogP contribution in [0, 0.1) is 5.92 Å². The highest BCUT2D eigenvalue weighted by Crippen LogP contribution is 2.28. The first-order valence-corrected chi connectivity index (χ1v) is 8.15. The normalized spacial score (nSPS) is 26.9. The van der Waals surface area contributed by atoms with Crippen molar-refractivity contribution < 1.29 is 0 Å². The molecule has 3 heteroatoms. The molecule has 110 valence electrons. The summed E-state index contributed by atoms with van der Waals surface area (Å²) in [6.45, 7) is 8.27. The average Bonchev–Trinajstić information content (AvgIpc) is 2.94. The highest BCUT2D eigenvalue weighted by Gasteiger charge is 2.26. The first-order chi connectivity index (χ1) is 9.74. The predicted octanol–water partition coefficient (Wildman–Crippen LogP) is 2.78. The maximum Gasteiger partial charge on any atom is 0.0605 e. The number of rotatable bonds is 4. The van der Waals surface area contributed by atoms with Crippen LogP contribution in [0.2, 0.25) is 0 Å². The lowest BCUT2D eigenvalue weighted by Gasteiger charge is -2.26. The molecule has 1 aliphatic heterocycles. The van der Waals surface area contributed by atoms with Gasteiger partial charge in [0.2, 0.25) is 0 Å². The van der Waals surface area contributed by atoms with Gasteiger partial charge in [0.25, 0.3) is 0 Å². The number of likely N-dealkylation sites (tertiary alicyclic amines) is 1. The minimum absolute atomic E-state index is 0.480. The molecule has 1 aromatic rings. The van der Waals surface area contributed by atoms with Gasteiger partial charge in [-0.1, -0.05) is 6.07 Å². The van der Waals surface area contributed by atoms with Crippen LogP contribution < -0.4 is 5.32 Å². The van der Waals surface area contributed by atoms with Gasteiger partial charge in [-0.2, -0.15) is 0 Å². The summed E-state index contributed by atoms with van der Waals surface area (Å²) in [4.78, 5) is 7.21. The largest absolute Gasteiger partial charge is 0.308 e. The molecular formula is C17H27N3. The summed E-state index contributed by atoms with van der Waals surface area (Å²) in [6.07, 6.45) is 7.01. The van der Waals surface area contributed by atoms with Crippen molar-refractivity contribution in [3.63, 3.8) is 0 Å². The Bertz CT molecular complexity index is 444. The number of nitrogens with one attached hydrogen (secondary N) is 1. The van der Waals surface area contributed by atoms with E-state index in [1.54, 1.807) is 0 Å². The molecule has 3 rings (SSSR count). The molecule has 0 bridgehead atoms. The lowest BCUT2D eigenvalue weighted by Crippen LogP contribution is -2.33. The number of nitrogens with zero attached hydrogens (tertiary/aromatic N) is 2. The number of fused-ring (bicyclic) bond motifs is 1. The quantitative estimate of drug-likeness (QED) is 0.914. The van der Waals surface area contributed by atoms with Crippen LogP contribution in [0.1, 0.15) is 50.4 Å². The topological polar surface area (TPSA) is 28.2 Å². The second-order valence-electron chi connectivity index (χ2n) is 6.64. The van der Waals surface area contributed by atoms with Crippen LogP contribution >= 0.6 is 0 Å². The van der Waals surface area contributed by atoms with Gasteiger partial charge in [0.15, 0.2) is 0 Å². The third-order valence-corrected chi connectivity index (χ3v) is 4.90. The fourth-order valence-electron chi connectivity index (χ4n) is 3.62. The van der Waals surface area contributed by atoms with Crippen molar-refractivity contribution >= 4 is 0 Å². The van der Waals surface area contributed by atoms with Gasteiger partial charge in [-0.05, 0) is 70.2 Å². The van der Waals surface area contributed by atoms with E-state index in [0.717, 1.165) is 12.5 Å². The zero-order chi connectivity index (χ0) is 13.9. The van der Waals surface area contributed by atoms with Gasteiger partial charge >= 0.3 is 0 Å². The molecule has 0 amide bonds. The van der Waals surface area contributed by atoms with E-state index in [1.165, 1.54) is 50.0 Å². The second-order valence-corrected chi connectivity index (χ2v) is 6.64. The number of pyridine rings is 1. The van der Waals surface area contributed by atoms with Crippen molar-refractivity contribution in [3.8, 4) is 0 Å². The van der Waals surface area contributed by atoms with Crippen LogP contribution in [0.4, 0.5) is 0 Å². The average molecular weight is 273 g/mol. The van der Waals surface area contributed by atoms with E-state index in [0.29, 0.717) is 12.1 Å². The zero-order valence-electron chi connectivity index (χ0n) is 12.8. The number of hydrogen-bond donors (Lipinski definition) is 1. The Morgan fingerprint density at radius 2 is 2.30 bits per heavy atom. The Morgan fingerprint density at radius 1 is 1.40 bits per heavy atom. The zero-order valence-corrected chi connectivity index (χ0v) is 12.8. The van der Waals surface area contributed by atoms with Crippen LogP contribution in [0.3, 0.4) is 0 Å². The fraction of sp³-hybridized carbons (Fsp3) is 0.706. The molecule has 2 unspecified atom stereocenters. The lowest BCUT2D eigenvalue weighted by molar-refractivity contribution is 0.262. The van der Waals surface area contributed by atoms with Crippen LogP contribution in [-0.2, 0) is 6.42 Å². The van der Waals surface area contributed by atoms with E-state index in [-0.39, 0.29) is 0 Å². The second kappa shape index (κ2) is 6.23. The molecule has 2 aliphatic rings. The molecule has 0 saturated carbocycles. The van der Waals surface area contributed by atoms with Crippen LogP contribution in [0.5, 0.6) is 0 Å². The van der Waals surface area contributed by atoms with Crippen molar-refractivity contribution in [1.82, 2.24) is 15.2 Å². The molecule has 2 heterocycles. The molecule has 1 aliphatic carbocycles. The molecular weight excluding hydrogens is 246 g/mol. The van der Waals surface area contributed by atoms with Gasteiger partial charge < -0.3 is 10.2 Å². The van der Waals surface area contributed by atoms with Crippen LogP contribution in [0.25, 0.3) is 0 Å². The van der Waals surface area contributed by atoms with Crippen LogP contribution in [-0.4, -0.2) is 35.6 Å². The molecule has 0 spiro atoms. The minimum atomic E-state index is 0.480. The number of hydrogen-bond acceptors (Lipinski definition) is 3. The SMILES string of the molecule is CC(C)N1CCC(CNC2CCCc3cccnc32)C1. The van der Waals surface area contributed by atoms with E-state index in [9.17, 15) is 0 Å². The Hall–Kier alpha value is -0.930. The Balaban J connectivity index is 1.55. The summed E-state index contributed by atoms with van der Waals surface area (Å²) >= 11 is 0. The van der Waals surface area contributed by atoms with E-state index < -0.39 is 0 Å². The molecule has 0 radical (unpaired) electrons. The summed E-state index contributed by atoms with van der Waals surface area (Å²) in [7, 11) is 0. The summed E-state index contributed by atoms with van der Waals surface area (Å²) in [5.74, 6) is 0.812. The molecule has 3 nitrogen and oxygen atoms in total. The van der Waals surface area contributed by atoms with Crippen molar-refractivity contribution in [2.45, 2.75) is 51.6 Å². The monoisotopic (exact) mass is 273 g/mol. The van der Waals surface area contributed by atoms with Crippen molar-refractivity contribution in [3.05, 3.63) is 29.6 Å². The van der Waals surface area contributed by atoms with E-state index in [1.807, 2.05) is 6.20 Å². The van der Waals surface area contributed by atoms with Gasteiger partial charge in [0.05, 0.1) is 5.69 Å². The highest BCUT2D eigenvalue weighted by molar-refractivity contribution is 5.25. The lowest BCUT2D eigenvalue weighted by atomic mass is 9.91. The first-order valence-electron chi connectivity index (χ1n) is 8.15. The third-order valence-electron chi connectivity index (χ3n) is 4.90. The van der Waals surface area contributed by atoms with Crippen LogP contribution in [0.15, 0.2) is 18.3 Å². The molecule has 1 aromatic heterocycles. The van der Waals surface area contributed by atoms with Gasteiger partial charge in [0, 0.05) is 24.8 Å². The van der Waals surface area contributed by atoms with Gasteiger partial charge in [0.1, 0.15) is 0 Å². The fourth-order valence-corrected chi connectivity index (χ4v) is 3.62. The predicted molar refractivity (Wildman–Crippen MR) is 82.7 cm³/mol. The van der Waals surface area contributed by atoms with Crippen molar-refractivity contribution in [1.29, 1.82) is 0 Å². The third kappa shape index (κ3) is 3.04. The van der Waals surface area contributed by atoms with Gasteiger partial charge in [-0.25, -0.2) is 0 Å². The highest BCUT2D eigenvalue weighted by atomic mass is 15.2. The minimum Gasteiger partial charge on any atom is -0.308 e. The van der Waals surface area contributed by atoms with Crippen molar-refractivity contribution in [2.75, 3.05) is 19.6 Å². The molecule has 0 aromatic carbocycles. The molecule has 2 atom stereocenters. The Kier molecular flexibility index (Phi) is 4.37. The molecule has 1 fully saturated rings. The maximum absolute atomic E-state index is 4.62. The number of aromatic nitrogens is 1. The van der Waals surface area contributed by atoms with Gasteiger partial charge in [-0.3, -0.25) is 4.98 Å². The Labute approximate surface area is 122 Å². The van der Waals surface area contributed by atoms with E-state index >= 15 is 0 Å². The van der Waals surface area contributed by atoms with Crippen molar-refractivity contribution in [2.24, 2.45) is 5.92 Å². The summed E-state index contributed by atoms with van der Waals surface area (Å²) in [5.41, 5.74) is 2.75. The maximum atomic E-state index is 4.62. The summed E-state index contributed by atoms with van der Waals surface area (Å²) in [5, 5.41) is 3.79. The summed E-state index contributed by atoms with van der Waals surface area (Å²) in [6, 6.07) is 5.48. The Morgan fingerprint density at radius 3 is 3.10 bits per heavy atom. The van der Waals surface area contributed by atoms with E-state index in [2.05, 4.69) is 41.2 Å². The molecule has 1 saturated heterocycles. The standard InChI is InChI=1S/C17H27N3/c1-13(2)20-10-8-14(12-20)11-19-16-7-3-5-15-6-4-9-18-17(15)16/h4,6,9,13-14,16,19H,3,5,7-8,10-12H2,1-2H3. The first kappa shape index (κ1) is 14.0. The smallest absolute Gasteiger partial charge is 0.0605 e. The van der Waals surface area contributed by atoms with E-state index in [4.69, 9.17) is 0 Å². The molecule has 1 N–H and O–H groups in total. The molecule has 20 heavy (non-hydrogen) atoms. The number of aryl methyl sites for hydroxylation is 1.